The van der Waals surface area contributed by atoms with Gasteiger partial charge in [0.2, 0.25) is 17.7 Å². The number of piperidine rings is 2. The van der Waals surface area contributed by atoms with Gasteiger partial charge in [-0.15, -0.1) is 0 Å². The van der Waals surface area contributed by atoms with Crippen molar-refractivity contribution in [1.82, 2.24) is 45.3 Å². The summed E-state index contributed by atoms with van der Waals surface area (Å²) in [7, 11) is 3.69. The van der Waals surface area contributed by atoms with Crippen molar-refractivity contribution in [2.24, 2.45) is 7.05 Å². The zero-order chi connectivity index (χ0) is 45.5. The van der Waals surface area contributed by atoms with Crippen LogP contribution in [0.2, 0.25) is 0 Å². The molecule has 9 rings (SSSR count). The number of likely N-dealkylation sites (N-methyl/N-ethyl adjacent to an activating group) is 1. The van der Waals surface area contributed by atoms with E-state index in [-0.39, 0.29) is 36.5 Å². The van der Waals surface area contributed by atoms with Crippen LogP contribution in [0.3, 0.4) is 0 Å². The lowest BCUT2D eigenvalue weighted by Gasteiger charge is -2.44. The lowest BCUT2D eigenvalue weighted by Crippen LogP contribution is -2.54. The Bertz CT molecular complexity index is 2390. The molecule has 6 aliphatic heterocycles. The smallest absolute Gasteiger partial charge is 0.264 e. The van der Waals surface area contributed by atoms with E-state index >= 15 is 0 Å². The molecule has 0 spiro atoms. The van der Waals surface area contributed by atoms with Crippen molar-refractivity contribution in [2.75, 3.05) is 88.8 Å². The number of amides is 5. The summed E-state index contributed by atoms with van der Waals surface area (Å²) < 4.78 is 31.1. The van der Waals surface area contributed by atoms with Crippen LogP contribution in [0.25, 0.3) is 11.1 Å². The summed E-state index contributed by atoms with van der Waals surface area (Å²) in [6.45, 7) is 10.1. The van der Waals surface area contributed by atoms with Gasteiger partial charge in [0.05, 0.1) is 23.0 Å². The Morgan fingerprint density at radius 1 is 0.877 bits per heavy atom. The molecular weight excluding hydrogens is 837 g/mol. The van der Waals surface area contributed by atoms with E-state index < -0.39 is 36.1 Å². The number of halogens is 2. The summed E-state index contributed by atoms with van der Waals surface area (Å²) in [5, 5.41) is 14.0. The Hall–Kier alpha value is -5.72. The normalized spacial score (nSPS) is 21.9. The Kier molecular flexibility index (Phi) is 12.8. The van der Waals surface area contributed by atoms with Crippen LogP contribution in [0.5, 0.6) is 0 Å². The second-order valence-electron chi connectivity index (χ2n) is 18.2. The standard InChI is InChI=1S/C47H59F2N11O5/c1-29(61)58-17-13-37(36(28-58)44(50-2)59-14-5-6-30-24-34(31-26-51-54(3)27-31)35(43(48)49)25-40(30)59)52-32-11-15-55(16-12-32)18-19-56-20-22-57(23-21-56)38-8-4-7-33-42(38)47(65)60(46(33)64)39-9-10-41(62)53-45(39)63/h4,7-8,24-27,32,39,43-44,50,52H,5-6,9-23,28H2,1-3H3,(H,53,62,63). The molecule has 2 unspecified atom stereocenters. The highest BCUT2D eigenvalue weighted by Crippen LogP contribution is 2.41. The maximum atomic E-state index is 14.7. The Morgan fingerprint density at radius 2 is 1.63 bits per heavy atom. The van der Waals surface area contributed by atoms with Crippen molar-refractivity contribution in [2.45, 2.75) is 76.5 Å². The number of fused-ring (bicyclic) bond motifs is 2. The molecule has 0 aliphatic carbocycles. The first-order chi connectivity index (χ1) is 31.4. The van der Waals surface area contributed by atoms with Crippen LogP contribution in [-0.4, -0.2) is 156 Å². The summed E-state index contributed by atoms with van der Waals surface area (Å²) in [6, 6.07) is 8.13. The van der Waals surface area contributed by atoms with Crippen LogP contribution in [0.1, 0.15) is 83.7 Å². The van der Waals surface area contributed by atoms with Crippen molar-refractivity contribution in [3.63, 3.8) is 0 Å². The average molecular weight is 896 g/mol. The molecule has 3 N–H and O–H groups in total. The fraction of sp³-hybridized carbons (Fsp3) is 0.532. The van der Waals surface area contributed by atoms with Crippen molar-refractivity contribution < 1.29 is 32.8 Å². The lowest BCUT2D eigenvalue weighted by molar-refractivity contribution is -0.136. The second kappa shape index (κ2) is 18.6. The number of nitrogens with one attached hydrogen (secondary N) is 3. The molecule has 16 nitrogen and oxygen atoms in total. The van der Waals surface area contributed by atoms with Gasteiger partial charge in [0.15, 0.2) is 0 Å². The van der Waals surface area contributed by atoms with E-state index in [1.54, 1.807) is 49.2 Å². The molecular formula is C47H59F2N11O5. The van der Waals surface area contributed by atoms with E-state index in [0.29, 0.717) is 67.1 Å². The molecule has 0 bridgehead atoms. The van der Waals surface area contributed by atoms with Crippen molar-refractivity contribution in [3.05, 3.63) is 76.2 Å². The van der Waals surface area contributed by atoms with E-state index in [2.05, 4.69) is 40.6 Å². The first-order valence-corrected chi connectivity index (χ1v) is 23.0. The highest BCUT2D eigenvalue weighted by Gasteiger charge is 2.46. The number of piperazine rings is 1. The molecule has 0 radical (unpaired) electrons. The van der Waals surface area contributed by atoms with Crippen molar-refractivity contribution in [1.29, 1.82) is 0 Å². The third kappa shape index (κ3) is 8.87. The zero-order valence-corrected chi connectivity index (χ0v) is 37.5. The molecule has 3 aromatic rings. The number of aromatic nitrogens is 2. The van der Waals surface area contributed by atoms with Gasteiger partial charge in [0.25, 0.3) is 18.2 Å². The maximum Gasteiger partial charge on any atom is 0.264 e. The predicted octanol–water partition coefficient (Wildman–Crippen LogP) is 3.11. The molecule has 0 saturated carbocycles. The number of likely N-dealkylation sites (tertiary alicyclic amines) is 1. The molecule has 5 amide bonds. The zero-order valence-electron chi connectivity index (χ0n) is 37.5. The number of imide groups is 2. The van der Waals surface area contributed by atoms with Gasteiger partial charge in [0, 0.05) is 139 Å². The number of aryl methyl sites for hydroxylation is 2. The van der Waals surface area contributed by atoms with Crippen LogP contribution >= 0.6 is 0 Å². The molecule has 2 atom stereocenters. The predicted molar refractivity (Wildman–Crippen MR) is 240 cm³/mol. The molecule has 65 heavy (non-hydrogen) atoms. The number of hydrogen-bond donors (Lipinski definition) is 3. The summed E-state index contributed by atoms with van der Waals surface area (Å²) in [6.07, 6.45) is 4.93. The van der Waals surface area contributed by atoms with Crippen molar-refractivity contribution in [3.8, 4) is 11.1 Å². The van der Waals surface area contributed by atoms with Gasteiger partial charge in [-0.25, -0.2) is 8.78 Å². The first kappa shape index (κ1) is 44.5. The highest BCUT2D eigenvalue weighted by atomic mass is 19.3. The fourth-order valence-corrected chi connectivity index (χ4v) is 10.7. The number of benzene rings is 2. The molecule has 2 aromatic carbocycles. The summed E-state index contributed by atoms with van der Waals surface area (Å²) in [5.41, 5.74) is 6.52. The van der Waals surface area contributed by atoms with E-state index in [4.69, 9.17) is 0 Å². The monoisotopic (exact) mass is 895 g/mol. The number of nitrogens with zero attached hydrogens (tertiary/aromatic N) is 8. The number of alkyl halides is 2. The minimum Gasteiger partial charge on any atom is -0.385 e. The molecule has 3 saturated heterocycles. The summed E-state index contributed by atoms with van der Waals surface area (Å²) in [5.74, 6) is -1.98. The molecule has 18 heteroatoms. The molecule has 6 aliphatic rings. The average Bonchev–Trinajstić information content (AvgIpc) is 3.85. The Morgan fingerprint density at radius 3 is 2.31 bits per heavy atom. The third-order valence-corrected chi connectivity index (χ3v) is 14.3. The highest BCUT2D eigenvalue weighted by molar-refractivity contribution is 6.25. The molecule has 3 fully saturated rings. The Balaban J connectivity index is 0.816. The number of anilines is 2. The van der Waals surface area contributed by atoms with Crippen LogP contribution in [0, 0.1) is 0 Å². The van der Waals surface area contributed by atoms with Gasteiger partial charge in [-0.1, -0.05) is 6.07 Å². The lowest BCUT2D eigenvalue weighted by atomic mass is 9.91. The van der Waals surface area contributed by atoms with Gasteiger partial charge in [0.1, 0.15) is 12.2 Å². The van der Waals surface area contributed by atoms with Crippen LogP contribution in [0.4, 0.5) is 20.2 Å². The molecule has 1 aromatic heterocycles. The summed E-state index contributed by atoms with van der Waals surface area (Å²) >= 11 is 0. The summed E-state index contributed by atoms with van der Waals surface area (Å²) in [4.78, 5) is 76.4. The molecule has 346 valence electrons. The Labute approximate surface area is 377 Å². The quantitative estimate of drug-likeness (QED) is 0.229. The van der Waals surface area contributed by atoms with Gasteiger partial charge in [-0.2, -0.15) is 5.10 Å². The van der Waals surface area contributed by atoms with E-state index in [9.17, 15) is 32.8 Å². The molecule has 7 heterocycles. The van der Waals surface area contributed by atoms with E-state index in [1.807, 2.05) is 24.1 Å². The van der Waals surface area contributed by atoms with Crippen LogP contribution in [0.15, 0.2) is 54.0 Å². The SMILES string of the molecule is CNC(C1=C(NC2CCN(CCN3CCN(c4cccc5c4C(=O)N(C4CCC(=O)NC4=O)C5=O)CC3)CC2)CCN(C(C)=O)C1)N1CCCc2cc(-c3cnn(C)c3)c(C(F)F)cc21. The van der Waals surface area contributed by atoms with Crippen LogP contribution < -0.4 is 25.8 Å². The van der Waals surface area contributed by atoms with Gasteiger partial charge < -0.3 is 24.9 Å². The minimum absolute atomic E-state index is 0.0121. The topological polar surface area (TPSA) is 159 Å². The number of carbonyl (C=O) groups is 5. The van der Waals surface area contributed by atoms with Gasteiger partial charge >= 0.3 is 0 Å². The van der Waals surface area contributed by atoms with Gasteiger partial charge in [-0.3, -0.25) is 49.1 Å². The number of rotatable bonds is 12. The first-order valence-electron chi connectivity index (χ1n) is 23.0. The third-order valence-electron chi connectivity index (χ3n) is 14.3. The van der Waals surface area contributed by atoms with E-state index in [0.717, 1.165) is 92.4 Å². The number of carbonyl (C=O) groups excluding carboxylic acids is 5. The van der Waals surface area contributed by atoms with Gasteiger partial charge in [-0.05, 0) is 74.5 Å². The number of hydrogen-bond acceptors (Lipinski definition) is 12. The maximum absolute atomic E-state index is 14.7. The van der Waals surface area contributed by atoms with E-state index in [1.165, 1.54) is 0 Å². The largest absolute Gasteiger partial charge is 0.385 e. The van der Waals surface area contributed by atoms with Crippen LogP contribution in [-0.2, 0) is 27.9 Å². The van der Waals surface area contributed by atoms with Crippen molar-refractivity contribution >= 4 is 40.9 Å². The fourth-order valence-electron chi connectivity index (χ4n) is 10.7. The minimum atomic E-state index is -2.66. The second-order valence-corrected chi connectivity index (χ2v) is 18.2.